The number of esters is 1. The molecule has 21 heavy (non-hydrogen) atoms. The molecular formula is C13H18N2O6. The first-order chi connectivity index (χ1) is 9.93. The minimum absolute atomic E-state index is 0.0550. The molecule has 8 heteroatoms. The average Bonchev–Trinajstić information content (AvgIpc) is 2.84. The fourth-order valence-corrected chi connectivity index (χ4v) is 1.80. The van der Waals surface area contributed by atoms with E-state index in [2.05, 4.69) is 15.4 Å². The summed E-state index contributed by atoms with van der Waals surface area (Å²) >= 11 is 0. The van der Waals surface area contributed by atoms with Crippen molar-refractivity contribution in [3.63, 3.8) is 0 Å². The van der Waals surface area contributed by atoms with Crippen LogP contribution in [0.2, 0.25) is 0 Å². The van der Waals surface area contributed by atoms with Gasteiger partial charge in [-0.1, -0.05) is 6.08 Å². The molecular weight excluding hydrogens is 280 g/mol. The Bertz CT molecular complexity index is 460. The molecule has 0 aromatic rings. The molecule has 116 valence electrons. The Morgan fingerprint density at radius 2 is 2.24 bits per heavy atom. The first-order valence-corrected chi connectivity index (χ1v) is 6.60. The van der Waals surface area contributed by atoms with E-state index in [1.807, 2.05) is 0 Å². The Kier molecular flexibility index (Phi) is 6.38. The van der Waals surface area contributed by atoms with E-state index in [-0.39, 0.29) is 25.4 Å². The van der Waals surface area contributed by atoms with Crippen molar-refractivity contribution in [2.75, 3.05) is 6.61 Å². The van der Waals surface area contributed by atoms with Crippen molar-refractivity contribution in [1.29, 1.82) is 0 Å². The molecule has 1 aliphatic heterocycles. The molecule has 2 atom stereocenters. The number of carboxylic acid groups (broad SMARTS) is 1. The summed E-state index contributed by atoms with van der Waals surface area (Å²) in [5, 5.41) is 13.8. The molecule has 2 amide bonds. The van der Waals surface area contributed by atoms with Crippen molar-refractivity contribution >= 4 is 23.8 Å². The molecule has 1 fully saturated rings. The average molecular weight is 298 g/mol. The van der Waals surface area contributed by atoms with Crippen LogP contribution in [0, 0.1) is 0 Å². The molecule has 8 nitrogen and oxygen atoms in total. The summed E-state index contributed by atoms with van der Waals surface area (Å²) in [6.07, 6.45) is 2.97. The molecule has 0 radical (unpaired) electrons. The van der Waals surface area contributed by atoms with E-state index in [1.165, 1.54) is 6.08 Å². The number of nitrogens with one attached hydrogen (secondary N) is 2. The lowest BCUT2D eigenvalue weighted by molar-refractivity contribution is -0.142. The van der Waals surface area contributed by atoms with Crippen molar-refractivity contribution in [3.05, 3.63) is 12.2 Å². The van der Waals surface area contributed by atoms with E-state index in [9.17, 15) is 19.2 Å². The highest BCUT2D eigenvalue weighted by molar-refractivity contribution is 5.92. The van der Waals surface area contributed by atoms with Crippen molar-refractivity contribution in [2.24, 2.45) is 0 Å². The lowest BCUT2D eigenvalue weighted by Crippen LogP contribution is -2.48. The second-order valence-electron chi connectivity index (χ2n) is 4.45. The van der Waals surface area contributed by atoms with Gasteiger partial charge in [0.25, 0.3) is 0 Å². The van der Waals surface area contributed by atoms with Crippen LogP contribution in [0.5, 0.6) is 0 Å². The molecule has 1 heterocycles. The maximum absolute atomic E-state index is 11.8. The highest BCUT2D eigenvalue weighted by atomic mass is 16.5. The van der Waals surface area contributed by atoms with Crippen LogP contribution in [-0.2, 0) is 23.9 Å². The normalized spacial score (nSPS) is 19.1. The number of rotatable bonds is 7. The standard InChI is InChI=1S/C13H18N2O6/c1-2-21-11(17)5-3-4-9(13(19)20)15-12(18)8-6-7-10(16)14-8/h3,5,8-9H,2,4,6-7H2,1H3,(H,14,16)(H,15,18)(H,19,20)/b5-3+/t8-,9+/m0/s1. The van der Waals surface area contributed by atoms with Gasteiger partial charge in [-0.15, -0.1) is 0 Å². The number of hydrogen-bond acceptors (Lipinski definition) is 5. The Morgan fingerprint density at radius 1 is 1.52 bits per heavy atom. The third-order valence-corrected chi connectivity index (χ3v) is 2.84. The van der Waals surface area contributed by atoms with Gasteiger partial charge in [-0.25, -0.2) is 9.59 Å². The molecule has 1 aliphatic rings. The van der Waals surface area contributed by atoms with E-state index >= 15 is 0 Å². The zero-order valence-corrected chi connectivity index (χ0v) is 11.6. The smallest absolute Gasteiger partial charge is 0.330 e. The number of carboxylic acids is 1. The third kappa shape index (κ3) is 5.64. The van der Waals surface area contributed by atoms with Crippen LogP contribution in [-0.4, -0.2) is 47.6 Å². The molecule has 1 rings (SSSR count). The quantitative estimate of drug-likeness (QED) is 0.424. The number of aliphatic carboxylic acids is 1. The predicted molar refractivity (Wildman–Crippen MR) is 71.1 cm³/mol. The molecule has 1 saturated heterocycles. The van der Waals surface area contributed by atoms with Crippen LogP contribution < -0.4 is 10.6 Å². The first-order valence-electron chi connectivity index (χ1n) is 6.60. The van der Waals surface area contributed by atoms with Crippen LogP contribution >= 0.6 is 0 Å². The van der Waals surface area contributed by atoms with Gasteiger partial charge in [0, 0.05) is 12.5 Å². The largest absolute Gasteiger partial charge is 0.480 e. The van der Waals surface area contributed by atoms with Gasteiger partial charge in [0.15, 0.2) is 0 Å². The minimum Gasteiger partial charge on any atom is -0.480 e. The third-order valence-electron chi connectivity index (χ3n) is 2.84. The first kappa shape index (κ1) is 16.7. The van der Waals surface area contributed by atoms with Gasteiger partial charge >= 0.3 is 11.9 Å². The maximum atomic E-state index is 11.8. The Hall–Kier alpha value is -2.38. The Labute approximate surface area is 121 Å². The van der Waals surface area contributed by atoms with Gasteiger partial charge in [-0.05, 0) is 19.8 Å². The van der Waals surface area contributed by atoms with Gasteiger partial charge in [0.1, 0.15) is 12.1 Å². The summed E-state index contributed by atoms with van der Waals surface area (Å²) in [6.45, 7) is 1.88. The summed E-state index contributed by atoms with van der Waals surface area (Å²) < 4.78 is 4.65. The molecule has 0 saturated carbocycles. The highest BCUT2D eigenvalue weighted by Crippen LogP contribution is 2.07. The lowest BCUT2D eigenvalue weighted by atomic mass is 10.1. The summed E-state index contributed by atoms with van der Waals surface area (Å²) in [4.78, 5) is 45.0. The number of amides is 2. The zero-order chi connectivity index (χ0) is 15.8. The predicted octanol–water partition coefficient (Wildman–Crippen LogP) is -0.656. The maximum Gasteiger partial charge on any atom is 0.330 e. The summed E-state index contributed by atoms with van der Waals surface area (Å²) in [5.41, 5.74) is 0. The van der Waals surface area contributed by atoms with E-state index < -0.39 is 29.9 Å². The number of ether oxygens (including phenoxy) is 1. The van der Waals surface area contributed by atoms with Crippen molar-refractivity contribution in [1.82, 2.24) is 10.6 Å². The van der Waals surface area contributed by atoms with Crippen molar-refractivity contribution < 1.29 is 29.0 Å². The van der Waals surface area contributed by atoms with E-state index in [0.717, 1.165) is 6.08 Å². The van der Waals surface area contributed by atoms with Gasteiger partial charge in [-0.2, -0.15) is 0 Å². The summed E-state index contributed by atoms with van der Waals surface area (Å²) in [7, 11) is 0. The van der Waals surface area contributed by atoms with Gasteiger partial charge in [0.05, 0.1) is 6.61 Å². The monoisotopic (exact) mass is 298 g/mol. The number of carbonyl (C=O) groups excluding carboxylic acids is 3. The fraction of sp³-hybridized carbons (Fsp3) is 0.538. The van der Waals surface area contributed by atoms with Crippen molar-refractivity contribution in [3.8, 4) is 0 Å². The fourth-order valence-electron chi connectivity index (χ4n) is 1.80. The second-order valence-corrected chi connectivity index (χ2v) is 4.45. The van der Waals surface area contributed by atoms with E-state index in [1.54, 1.807) is 6.92 Å². The van der Waals surface area contributed by atoms with Crippen LogP contribution in [0.1, 0.15) is 26.2 Å². The Balaban J connectivity index is 2.50. The molecule has 0 aliphatic carbocycles. The lowest BCUT2D eigenvalue weighted by Gasteiger charge is -2.16. The van der Waals surface area contributed by atoms with Crippen LogP contribution in [0.15, 0.2) is 12.2 Å². The van der Waals surface area contributed by atoms with Crippen LogP contribution in [0.3, 0.4) is 0 Å². The van der Waals surface area contributed by atoms with Crippen LogP contribution in [0.25, 0.3) is 0 Å². The van der Waals surface area contributed by atoms with E-state index in [0.29, 0.717) is 6.42 Å². The highest BCUT2D eigenvalue weighted by Gasteiger charge is 2.29. The Morgan fingerprint density at radius 3 is 2.76 bits per heavy atom. The van der Waals surface area contributed by atoms with Gasteiger partial charge in [-0.3, -0.25) is 9.59 Å². The molecule has 0 unspecified atom stereocenters. The van der Waals surface area contributed by atoms with Gasteiger partial charge in [0.2, 0.25) is 11.8 Å². The molecule has 0 aromatic heterocycles. The number of carbonyl (C=O) groups is 4. The van der Waals surface area contributed by atoms with Gasteiger partial charge < -0.3 is 20.5 Å². The molecule has 0 spiro atoms. The van der Waals surface area contributed by atoms with Crippen LogP contribution in [0.4, 0.5) is 0 Å². The molecule has 0 aromatic carbocycles. The summed E-state index contributed by atoms with van der Waals surface area (Å²) in [6, 6.07) is -1.87. The summed E-state index contributed by atoms with van der Waals surface area (Å²) in [5.74, 6) is -2.57. The zero-order valence-electron chi connectivity index (χ0n) is 11.6. The molecule has 3 N–H and O–H groups in total. The molecule has 0 bridgehead atoms. The minimum atomic E-state index is -1.22. The van der Waals surface area contributed by atoms with Crippen molar-refractivity contribution in [2.45, 2.75) is 38.3 Å². The topological polar surface area (TPSA) is 122 Å². The van der Waals surface area contributed by atoms with E-state index in [4.69, 9.17) is 5.11 Å². The SMILES string of the molecule is CCOC(=O)/C=C/C[C@@H](NC(=O)[C@@H]1CCC(=O)N1)C(=O)O. The second kappa shape index (κ2) is 8.03. The number of hydrogen-bond donors (Lipinski definition) is 3.